The Balaban J connectivity index is 1.53. The van der Waals surface area contributed by atoms with Crippen LogP contribution in [0.1, 0.15) is 12.1 Å². The molecule has 1 aliphatic rings. The van der Waals surface area contributed by atoms with Gasteiger partial charge in [-0.2, -0.15) is 0 Å². The minimum atomic E-state index is -3.63. The molecule has 8 nitrogen and oxygen atoms in total. The molecule has 1 unspecified atom stereocenters. The van der Waals surface area contributed by atoms with Gasteiger partial charge in [0.2, 0.25) is 0 Å². The van der Waals surface area contributed by atoms with Crippen molar-refractivity contribution in [3.8, 4) is 0 Å². The van der Waals surface area contributed by atoms with E-state index in [1.807, 2.05) is 18.2 Å². The number of benzene rings is 1. The van der Waals surface area contributed by atoms with Crippen LogP contribution in [0.15, 0.2) is 51.0 Å². The molecular weight excluding hydrogens is 456 g/mol. The number of hydrogen-bond donors (Lipinski definition) is 2. The lowest BCUT2D eigenvalue weighted by Gasteiger charge is -2.19. The highest BCUT2D eigenvalue weighted by molar-refractivity contribution is 8.15. The number of thiophene rings is 1. The smallest absolute Gasteiger partial charge is 0.406 e. The molecule has 2 aromatic heterocycles. The fraction of sp³-hybridized carbons (Fsp3) is 0.300. The van der Waals surface area contributed by atoms with Crippen molar-refractivity contribution in [1.82, 2.24) is 10.3 Å². The molecule has 0 aliphatic carbocycles. The van der Waals surface area contributed by atoms with Crippen molar-refractivity contribution in [1.29, 1.82) is 0 Å². The summed E-state index contributed by atoms with van der Waals surface area (Å²) >= 11 is 2.85. The number of para-hydroxylation sites is 1. The number of H-pyrrole nitrogens is 1. The number of nitrogens with zero attached hydrogens (tertiary/aromatic N) is 2. The molecule has 0 bridgehead atoms. The van der Waals surface area contributed by atoms with Crippen LogP contribution in [-0.2, 0) is 14.8 Å². The quantitative estimate of drug-likeness (QED) is 0.539. The number of ether oxygens (including phenoxy) is 1. The third-order valence-corrected chi connectivity index (χ3v) is 9.39. The summed E-state index contributed by atoms with van der Waals surface area (Å²) in [6.07, 6.45) is 0.342. The van der Waals surface area contributed by atoms with Crippen LogP contribution in [0.4, 0.5) is 10.5 Å². The van der Waals surface area contributed by atoms with E-state index in [-0.39, 0.29) is 5.25 Å². The highest BCUT2D eigenvalue weighted by atomic mass is 32.2. The van der Waals surface area contributed by atoms with Crippen LogP contribution in [0.3, 0.4) is 0 Å². The Bertz CT molecular complexity index is 1220. The van der Waals surface area contributed by atoms with Gasteiger partial charge in [0.25, 0.3) is 10.0 Å². The summed E-state index contributed by atoms with van der Waals surface area (Å²) in [6.45, 7) is 1.19. The van der Waals surface area contributed by atoms with Gasteiger partial charge in [0, 0.05) is 24.2 Å². The van der Waals surface area contributed by atoms with Gasteiger partial charge >= 0.3 is 6.09 Å². The Kier molecular flexibility index (Phi) is 6.26. The van der Waals surface area contributed by atoms with Gasteiger partial charge < -0.3 is 15.0 Å². The fourth-order valence-corrected chi connectivity index (χ4v) is 6.77. The minimum absolute atomic E-state index is 0.264. The first-order chi connectivity index (χ1) is 14.9. The number of aliphatic imine (C=N–C) groups is 1. The zero-order valence-corrected chi connectivity index (χ0v) is 19.4. The van der Waals surface area contributed by atoms with Crippen molar-refractivity contribution in [2.45, 2.75) is 15.9 Å². The topological polar surface area (TPSA) is 104 Å². The summed E-state index contributed by atoms with van der Waals surface area (Å²) in [7, 11) is -0.719. The van der Waals surface area contributed by atoms with E-state index < -0.39 is 16.1 Å². The second-order valence-electron chi connectivity index (χ2n) is 6.92. The number of thioether (sulfide) groups is 1. The highest BCUT2D eigenvalue weighted by Crippen LogP contribution is 2.34. The maximum Gasteiger partial charge on any atom is 0.406 e. The van der Waals surface area contributed by atoms with Crippen molar-refractivity contribution < 1.29 is 17.9 Å². The minimum Gasteiger partial charge on any atom is -0.453 e. The number of carbonyl (C=O) groups is 1. The van der Waals surface area contributed by atoms with E-state index in [0.717, 1.165) is 28.1 Å². The molecule has 0 spiro atoms. The molecule has 1 aliphatic heterocycles. The van der Waals surface area contributed by atoms with Crippen LogP contribution in [0, 0.1) is 0 Å². The Hall–Kier alpha value is -2.50. The number of methoxy groups -OCH3 is 1. The van der Waals surface area contributed by atoms with Crippen molar-refractivity contribution in [3.05, 3.63) is 47.5 Å². The van der Waals surface area contributed by atoms with Crippen LogP contribution in [-0.4, -0.2) is 57.0 Å². The van der Waals surface area contributed by atoms with Crippen molar-refractivity contribution in [2.75, 3.05) is 31.6 Å². The highest BCUT2D eigenvalue weighted by Gasteiger charge is 2.26. The monoisotopic (exact) mass is 478 g/mol. The van der Waals surface area contributed by atoms with Gasteiger partial charge in [0.05, 0.1) is 30.6 Å². The standard InChI is InChI=1S/C20H22N4O4S3/c1-24(31(26,27)17-7-4-10-29-17)16-6-3-5-13-11-15(23-18(13)16)19-22-12-14(30-19)8-9-21-20(25)28-2/h3-7,10-11,14,23H,8-9,12H2,1-2H3,(H,21,25). The van der Waals surface area contributed by atoms with Gasteiger partial charge in [-0.25, -0.2) is 13.2 Å². The number of nitrogens with one attached hydrogen (secondary N) is 2. The van der Waals surface area contributed by atoms with Gasteiger partial charge in [-0.15, -0.1) is 11.3 Å². The summed E-state index contributed by atoms with van der Waals surface area (Å²) in [5, 5.41) is 6.50. The van der Waals surface area contributed by atoms with Gasteiger partial charge in [-0.1, -0.05) is 30.0 Å². The van der Waals surface area contributed by atoms with Crippen LogP contribution in [0.2, 0.25) is 0 Å². The maximum atomic E-state index is 13.0. The van der Waals surface area contributed by atoms with E-state index in [1.54, 1.807) is 42.4 Å². The third kappa shape index (κ3) is 4.43. The molecule has 164 valence electrons. The van der Waals surface area contributed by atoms with Gasteiger partial charge in [0.15, 0.2) is 0 Å². The molecule has 2 N–H and O–H groups in total. The number of sulfonamides is 1. The average molecular weight is 479 g/mol. The molecule has 31 heavy (non-hydrogen) atoms. The average Bonchev–Trinajstić information content (AvgIpc) is 3.52. The van der Waals surface area contributed by atoms with E-state index in [0.29, 0.717) is 23.0 Å². The number of hydrogen-bond acceptors (Lipinski definition) is 7. The first-order valence-electron chi connectivity index (χ1n) is 9.57. The molecule has 3 aromatic rings. The van der Waals surface area contributed by atoms with Gasteiger partial charge in [-0.3, -0.25) is 9.30 Å². The normalized spacial score (nSPS) is 16.3. The summed E-state index contributed by atoms with van der Waals surface area (Å²) < 4.78 is 32.1. The SMILES string of the molecule is COC(=O)NCCC1CN=C(c2cc3cccc(N(C)S(=O)(=O)c4cccs4)c3[nH]2)S1. The summed E-state index contributed by atoms with van der Waals surface area (Å²) in [6, 6.07) is 10.9. The predicted molar refractivity (Wildman–Crippen MR) is 126 cm³/mol. The van der Waals surface area contributed by atoms with Crippen molar-refractivity contribution in [3.63, 3.8) is 0 Å². The lowest BCUT2D eigenvalue weighted by molar-refractivity contribution is 0.171. The predicted octanol–water partition coefficient (Wildman–Crippen LogP) is 3.66. The lowest BCUT2D eigenvalue weighted by atomic mass is 10.2. The Morgan fingerprint density at radius 1 is 1.35 bits per heavy atom. The number of amides is 1. The van der Waals surface area contributed by atoms with Crippen LogP contribution in [0.25, 0.3) is 10.9 Å². The molecule has 0 radical (unpaired) electrons. The zero-order chi connectivity index (χ0) is 22.0. The molecule has 1 amide bonds. The number of rotatable bonds is 7. The number of aromatic nitrogens is 1. The number of aromatic amines is 1. The molecule has 1 aromatic carbocycles. The Labute approximate surface area is 188 Å². The zero-order valence-electron chi connectivity index (χ0n) is 17.0. The number of fused-ring (bicyclic) bond motifs is 1. The summed E-state index contributed by atoms with van der Waals surface area (Å²) in [4.78, 5) is 19.2. The largest absolute Gasteiger partial charge is 0.453 e. The molecule has 0 fully saturated rings. The van der Waals surface area contributed by atoms with E-state index in [2.05, 4.69) is 20.0 Å². The molecule has 3 heterocycles. The van der Waals surface area contributed by atoms with E-state index in [4.69, 9.17) is 0 Å². The van der Waals surface area contributed by atoms with Crippen molar-refractivity contribution in [2.24, 2.45) is 4.99 Å². The van der Waals surface area contributed by atoms with E-state index in [1.165, 1.54) is 22.8 Å². The first-order valence-corrected chi connectivity index (χ1v) is 12.8. The van der Waals surface area contributed by atoms with Crippen LogP contribution >= 0.6 is 23.1 Å². The van der Waals surface area contributed by atoms with E-state index >= 15 is 0 Å². The number of anilines is 1. The fourth-order valence-electron chi connectivity index (χ4n) is 3.32. The maximum absolute atomic E-state index is 13.0. The van der Waals surface area contributed by atoms with Crippen LogP contribution < -0.4 is 9.62 Å². The second-order valence-corrected chi connectivity index (χ2v) is 11.4. The lowest BCUT2D eigenvalue weighted by Crippen LogP contribution is -2.26. The Morgan fingerprint density at radius 2 is 2.19 bits per heavy atom. The van der Waals surface area contributed by atoms with Gasteiger partial charge in [0.1, 0.15) is 9.25 Å². The number of carbonyl (C=O) groups excluding carboxylic acids is 1. The molecular formula is C20H22N4O4S3. The second kappa shape index (κ2) is 8.93. The molecule has 11 heteroatoms. The third-order valence-electron chi connectivity index (χ3n) is 4.95. The molecule has 0 saturated heterocycles. The summed E-state index contributed by atoms with van der Waals surface area (Å²) in [5.74, 6) is 0. The van der Waals surface area contributed by atoms with Gasteiger partial charge in [-0.05, 0) is 30.0 Å². The van der Waals surface area contributed by atoms with Crippen LogP contribution in [0.5, 0.6) is 0 Å². The van der Waals surface area contributed by atoms with Crippen molar-refractivity contribution >= 4 is 60.8 Å². The number of alkyl carbamates (subject to hydrolysis) is 1. The molecule has 0 saturated carbocycles. The van der Waals surface area contributed by atoms with E-state index in [9.17, 15) is 13.2 Å². The Morgan fingerprint density at radius 3 is 2.94 bits per heavy atom. The first kappa shape index (κ1) is 21.7. The molecule has 4 rings (SSSR count). The molecule has 1 atom stereocenters. The summed E-state index contributed by atoms with van der Waals surface area (Å²) in [5.41, 5.74) is 2.19.